The molecule has 0 atom stereocenters. The van der Waals surface area contributed by atoms with Gasteiger partial charge < -0.3 is 0 Å². The summed E-state index contributed by atoms with van der Waals surface area (Å²) in [6.07, 6.45) is 0. The summed E-state index contributed by atoms with van der Waals surface area (Å²) in [5, 5.41) is 15.2. The van der Waals surface area contributed by atoms with Crippen LogP contribution in [0.3, 0.4) is 0 Å². The molecule has 0 spiro atoms. The number of sulfonamides is 1. The summed E-state index contributed by atoms with van der Waals surface area (Å²) in [5.41, 5.74) is -0.165. The predicted molar refractivity (Wildman–Crippen MR) is 57.2 cm³/mol. The fourth-order valence-corrected chi connectivity index (χ4v) is 2.84. The summed E-state index contributed by atoms with van der Waals surface area (Å²) in [6.45, 7) is 0. The molecule has 0 amide bonds. The number of nitro groups is 1. The van der Waals surface area contributed by atoms with Crippen molar-refractivity contribution in [3.8, 4) is 0 Å². The SMILES string of the molecule is NS(=O)(=O)c1ccc([N+](=O)[O-])cc1I. The van der Waals surface area contributed by atoms with Crippen LogP contribution in [0.25, 0.3) is 0 Å². The Morgan fingerprint density at radius 3 is 2.36 bits per heavy atom. The molecule has 0 unspecified atom stereocenters. The molecule has 1 aromatic carbocycles. The third-order valence-electron chi connectivity index (χ3n) is 1.43. The maximum absolute atomic E-state index is 10.9. The van der Waals surface area contributed by atoms with E-state index in [2.05, 4.69) is 0 Å². The van der Waals surface area contributed by atoms with Crippen LogP contribution in [0.1, 0.15) is 0 Å². The Morgan fingerprint density at radius 1 is 1.43 bits per heavy atom. The van der Waals surface area contributed by atoms with Crippen LogP contribution in [-0.2, 0) is 10.0 Å². The molecule has 0 saturated heterocycles. The van der Waals surface area contributed by atoms with Gasteiger partial charge in [0.25, 0.3) is 5.69 Å². The molecule has 76 valence electrons. The first-order valence-corrected chi connectivity index (χ1v) is 5.91. The number of hydrogen-bond donors (Lipinski definition) is 1. The van der Waals surface area contributed by atoms with Gasteiger partial charge in [0, 0.05) is 15.7 Å². The van der Waals surface area contributed by atoms with E-state index in [1.807, 2.05) is 0 Å². The molecule has 6 nitrogen and oxygen atoms in total. The lowest BCUT2D eigenvalue weighted by Gasteiger charge is -2.00. The highest BCUT2D eigenvalue weighted by Gasteiger charge is 2.15. The zero-order valence-electron chi connectivity index (χ0n) is 6.68. The molecule has 0 fully saturated rings. The molecule has 0 heterocycles. The Labute approximate surface area is 93.4 Å². The van der Waals surface area contributed by atoms with Gasteiger partial charge in [0.15, 0.2) is 0 Å². The van der Waals surface area contributed by atoms with E-state index in [0.717, 1.165) is 18.2 Å². The van der Waals surface area contributed by atoms with E-state index in [9.17, 15) is 18.5 Å². The van der Waals surface area contributed by atoms with Gasteiger partial charge in [-0.2, -0.15) is 0 Å². The molecular weight excluding hydrogens is 323 g/mol. The maximum Gasteiger partial charge on any atom is 0.270 e. The van der Waals surface area contributed by atoms with Gasteiger partial charge in [-0.05, 0) is 28.7 Å². The number of benzene rings is 1. The molecule has 2 N–H and O–H groups in total. The number of halogens is 1. The maximum atomic E-state index is 10.9. The molecule has 0 radical (unpaired) electrons. The molecule has 0 aliphatic carbocycles. The van der Waals surface area contributed by atoms with Gasteiger partial charge in [-0.3, -0.25) is 10.1 Å². The number of hydrogen-bond acceptors (Lipinski definition) is 4. The molecule has 1 aromatic rings. The fourth-order valence-electron chi connectivity index (χ4n) is 0.834. The third kappa shape index (κ3) is 2.39. The summed E-state index contributed by atoms with van der Waals surface area (Å²) in [4.78, 5) is 9.63. The molecule has 1 rings (SSSR count). The lowest BCUT2D eigenvalue weighted by molar-refractivity contribution is -0.385. The number of nitrogens with two attached hydrogens (primary N) is 1. The number of nitrogens with zero attached hydrogens (tertiary/aromatic N) is 1. The predicted octanol–water partition coefficient (Wildman–Crippen LogP) is 0.847. The van der Waals surface area contributed by atoms with Crippen molar-refractivity contribution < 1.29 is 13.3 Å². The average molecular weight is 328 g/mol. The second kappa shape index (κ2) is 3.79. The first kappa shape index (κ1) is 11.3. The van der Waals surface area contributed by atoms with Crippen LogP contribution in [0.2, 0.25) is 0 Å². The highest BCUT2D eigenvalue weighted by Crippen LogP contribution is 2.22. The van der Waals surface area contributed by atoms with Crippen LogP contribution in [0.15, 0.2) is 23.1 Å². The molecule has 0 saturated carbocycles. The minimum atomic E-state index is -3.81. The lowest BCUT2D eigenvalue weighted by Crippen LogP contribution is -2.13. The van der Waals surface area contributed by atoms with Crippen molar-refractivity contribution in [3.63, 3.8) is 0 Å². The highest BCUT2D eigenvalue weighted by atomic mass is 127. The molecular formula is C6H5IN2O4S. The Bertz CT molecular complexity index is 485. The van der Waals surface area contributed by atoms with Gasteiger partial charge in [0.2, 0.25) is 10.0 Å². The Morgan fingerprint density at radius 2 is 2.00 bits per heavy atom. The van der Waals surface area contributed by atoms with E-state index < -0.39 is 14.9 Å². The van der Waals surface area contributed by atoms with Gasteiger partial charge >= 0.3 is 0 Å². The Hall–Kier alpha value is -0.740. The zero-order chi connectivity index (χ0) is 10.9. The minimum absolute atomic E-state index is 0.108. The van der Waals surface area contributed by atoms with Crippen LogP contribution < -0.4 is 5.14 Å². The van der Waals surface area contributed by atoms with E-state index in [1.54, 1.807) is 22.6 Å². The standard InChI is InChI=1S/C6H5IN2O4S/c7-5-3-4(9(10)11)1-2-6(5)14(8,12)13/h1-3H,(H2,8,12,13). The van der Waals surface area contributed by atoms with Gasteiger partial charge in [0.1, 0.15) is 0 Å². The number of nitro benzene ring substituents is 1. The van der Waals surface area contributed by atoms with Gasteiger partial charge in [0.05, 0.1) is 9.82 Å². The van der Waals surface area contributed by atoms with E-state index in [4.69, 9.17) is 5.14 Å². The van der Waals surface area contributed by atoms with Gasteiger partial charge in [-0.15, -0.1) is 0 Å². The molecule has 0 aromatic heterocycles. The van der Waals surface area contributed by atoms with Crippen LogP contribution in [0.4, 0.5) is 5.69 Å². The monoisotopic (exact) mass is 328 g/mol. The van der Waals surface area contributed by atoms with Crippen molar-refractivity contribution in [1.29, 1.82) is 0 Å². The first-order valence-electron chi connectivity index (χ1n) is 3.29. The first-order chi connectivity index (χ1) is 6.32. The second-order valence-corrected chi connectivity index (χ2v) is 5.11. The largest absolute Gasteiger partial charge is 0.270 e. The van der Waals surface area contributed by atoms with Crippen LogP contribution in [-0.4, -0.2) is 13.3 Å². The van der Waals surface area contributed by atoms with E-state index in [1.165, 1.54) is 0 Å². The highest BCUT2D eigenvalue weighted by molar-refractivity contribution is 14.1. The zero-order valence-corrected chi connectivity index (χ0v) is 9.65. The summed E-state index contributed by atoms with van der Waals surface area (Å²) in [6, 6.07) is 3.37. The Balaban J connectivity index is 3.35. The molecule has 0 aliphatic rings. The van der Waals surface area contributed by atoms with Crippen LogP contribution in [0, 0.1) is 13.7 Å². The van der Waals surface area contributed by atoms with E-state index in [0.29, 0.717) is 0 Å². The quantitative estimate of drug-likeness (QED) is 0.494. The fraction of sp³-hybridized carbons (Fsp3) is 0. The summed E-state index contributed by atoms with van der Waals surface area (Å²) >= 11 is 1.68. The molecule has 0 aliphatic heterocycles. The third-order valence-corrected chi connectivity index (χ3v) is 3.66. The number of non-ortho nitro benzene ring substituents is 1. The Kier molecular flexibility index (Phi) is 3.07. The normalized spacial score (nSPS) is 11.3. The van der Waals surface area contributed by atoms with Crippen molar-refractivity contribution in [2.24, 2.45) is 5.14 Å². The number of primary sulfonamides is 1. The lowest BCUT2D eigenvalue weighted by atomic mass is 10.3. The van der Waals surface area contributed by atoms with E-state index >= 15 is 0 Å². The van der Waals surface area contributed by atoms with Crippen molar-refractivity contribution in [2.45, 2.75) is 4.90 Å². The summed E-state index contributed by atoms with van der Waals surface area (Å²) < 4.78 is 22.1. The van der Waals surface area contributed by atoms with Crippen molar-refractivity contribution in [3.05, 3.63) is 31.9 Å². The molecule has 14 heavy (non-hydrogen) atoms. The second-order valence-electron chi connectivity index (χ2n) is 2.42. The van der Waals surface area contributed by atoms with Crippen molar-refractivity contribution >= 4 is 38.3 Å². The smallest absolute Gasteiger partial charge is 0.258 e. The number of rotatable bonds is 2. The van der Waals surface area contributed by atoms with Gasteiger partial charge in [-0.1, -0.05) is 0 Å². The topological polar surface area (TPSA) is 103 Å². The minimum Gasteiger partial charge on any atom is -0.258 e. The molecule has 8 heteroatoms. The summed E-state index contributed by atoms with van der Waals surface area (Å²) in [5.74, 6) is 0. The van der Waals surface area contributed by atoms with Crippen molar-refractivity contribution in [2.75, 3.05) is 0 Å². The molecule has 0 bridgehead atoms. The average Bonchev–Trinajstić information content (AvgIpc) is 2.01. The van der Waals surface area contributed by atoms with Crippen LogP contribution in [0.5, 0.6) is 0 Å². The summed E-state index contributed by atoms with van der Waals surface area (Å²) in [7, 11) is -3.81. The van der Waals surface area contributed by atoms with Crippen LogP contribution >= 0.6 is 22.6 Å². The van der Waals surface area contributed by atoms with Crippen molar-refractivity contribution in [1.82, 2.24) is 0 Å². The van der Waals surface area contributed by atoms with E-state index in [-0.39, 0.29) is 14.2 Å². The van der Waals surface area contributed by atoms with Gasteiger partial charge in [-0.25, -0.2) is 13.6 Å².